The van der Waals surface area contributed by atoms with Crippen LogP contribution in [0.2, 0.25) is 0 Å². The van der Waals surface area contributed by atoms with E-state index in [-0.39, 0.29) is 17.4 Å². The number of aromatic nitrogens is 2. The number of esters is 1. The van der Waals surface area contributed by atoms with Crippen LogP contribution >= 0.6 is 23.5 Å². The lowest BCUT2D eigenvalue weighted by Crippen LogP contribution is -2.33. The van der Waals surface area contributed by atoms with Gasteiger partial charge < -0.3 is 14.9 Å². The summed E-state index contributed by atoms with van der Waals surface area (Å²) >= 11 is 2.37. The van der Waals surface area contributed by atoms with Crippen molar-refractivity contribution in [3.8, 4) is 28.1 Å². The third-order valence-corrected chi connectivity index (χ3v) is 10.2. The maximum absolute atomic E-state index is 13.7. The Balaban J connectivity index is 1.68. The number of aliphatic hydroxyl groups excluding tert-OH is 1. The van der Waals surface area contributed by atoms with Crippen molar-refractivity contribution in [3.63, 3.8) is 0 Å². The van der Waals surface area contributed by atoms with E-state index in [9.17, 15) is 28.2 Å². The van der Waals surface area contributed by atoms with Gasteiger partial charge in [0.1, 0.15) is 9.49 Å². The van der Waals surface area contributed by atoms with Crippen LogP contribution in [-0.4, -0.2) is 56.3 Å². The van der Waals surface area contributed by atoms with Crippen LogP contribution in [0.5, 0.6) is 5.88 Å². The molecule has 4 rings (SSSR count). The first-order valence-corrected chi connectivity index (χ1v) is 16.9. The first kappa shape index (κ1) is 33.2. The van der Waals surface area contributed by atoms with Gasteiger partial charge in [-0.3, -0.25) is 14.6 Å². The van der Waals surface area contributed by atoms with Crippen LogP contribution in [0.25, 0.3) is 22.3 Å². The third kappa shape index (κ3) is 7.68. The molecule has 230 valence electrons. The smallest absolute Gasteiger partial charge is 0.328 e. The third-order valence-electron chi connectivity index (χ3n) is 6.60. The number of carbonyl (C=O) groups excluding carboxylic acids is 1. The highest BCUT2D eigenvalue weighted by Crippen LogP contribution is 2.44. The average molecular weight is 653 g/mol. The van der Waals surface area contributed by atoms with E-state index in [0.717, 1.165) is 34.0 Å². The fraction of sp³-hybridized carbons (Fsp3) is 0.250. The van der Waals surface area contributed by atoms with Gasteiger partial charge in [0.2, 0.25) is 5.88 Å². The molecule has 0 aliphatic rings. The summed E-state index contributed by atoms with van der Waals surface area (Å²) < 4.78 is 27.5. The number of rotatable bonds is 11. The predicted molar refractivity (Wildman–Crippen MR) is 172 cm³/mol. The van der Waals surface area contributed by atoms with Gasteiger partial charge in [0.05, 0.1) is 17.1 Å². The molecule has 2 heterocycles. The van der Waals surface area contributed by atoms with Crippen molar-refractivity contribution in [2.45, 2.75) is 58.5 Å². The van der Waals surface area contributed by atoms with Crippen LogP contribution in [-0.2, 0) is 26.0 Å². The molecule has 2 aromatic heterocycles. The molecule has 0 saturated heterocycles. The van der Waals surface area contributed by atoms with Crippen LogP contribution < -0.4 is 4.74 Å². The van der Waals surface area contributed by atoms with E-state index >= 15 is 0 Å². The lowest BCUT2D eigenvalue weighted by molar-refractivity contribution is -0.139. The number of carboxylic acid groups (broad SMARTS) is 1. The van der Waals surface area contributed by atoms with E-state index < -0.39 is 31.3 Å². The van der Waals surface area contributed by atoms with Crippen molar-refractivity contribution >= 4 is 45.3 Å². The Labute approximate surface area is 265 Å². The molecule has 9 nitrogen and oxygen atoms in total. The maximum Gasteiger partial charge on any atom is 0.328 e. The molecule has 0 spiro atoms. The van der Waals surface area contributed by atoms with E-state index in [0.29, 0.717) is 21.6 Å². The molecule has 0 fully saturated rings. The Bertz CT molecular complexity index is 1790. The van der Waals surface area contributed by atoms with Crippen LogP contribution in [0.1, 0.15) is 33.3 Å². The van der Waals surface area contributed by atoms with Gasteiger partial charge in [-0.25, -0.2) is 13.4 Å². The molecular formula is C32H32N2O7S3. The molecule has 4 aromatic rings. The lowest BCUT2D eigenvalue weighted by atomic mass is 10.1. The standard InChI is InChI=1S/C32H32N2O7S3/c1-31(2,29(36)37)43-26-15-17-34-28(27(26)22-8-6-20(19-35)7-9-22)41-30(38)32(3,4)42-25-14-16-33-18-24(25)21-10-12-23(13-11-21)44(5,39)40/h6-18,35H,19H2,1-5H3,(H,36,37). The topological polar surface area (TPSA) is 144 Å². The number of thioether (sulfide) groups is 2. The van der Waals surface area contributed by atoms with Crippen molar-refractivity contribution in [1.29, 1.82) is 0 Å². The highest BCUT2D eigenvalue weighted by Gasteiger charge is 2.35. The second-order valence-corrected chi connectivity index (χ2v) is 16.3. The molecule has 12 heteroatoms. The Morgan fingerprint density at radius 2 is 1.43 bits per heavy atom. The van der Waals surface area contributed by atoms with Gasteiger partial charge in [0.15, 0.2) is 9.84 Å². The number of sulfone groups is 1. The molecular weight excluding hydrogens is 621 g/mol. The van der Waals surface area contributed by atoms with Gasteiger partial charge in [-0.15, -0.1) is 23.5 Å². The molecule has 0 aliphatic heterocycles. The van der Waals surface area contributed by atoms with Gasteiger partial charge in [0.25, 0.3) is 0 Å². The number of benzene rings is 2. The van der Waals surface area contributed by atoms with Gasteiger partial charge in [0, 0.05) is 40.2 Å². The van der Waals surface area contributed by atoms with Gasteiger partial charge >= 0.3 is 11.9 Å². The van der Waals surface area contributed by atoms with Crippen molar-refractivity contribution in [2.75, 3.05) is 6.26 Å². The Morgan fingerprint density at radius 3 is 2.02 bits per heavy atom. The van der Waals surface area contributed by atoms with Gasteiger partial charge in [-0.2, -0.15) is 0 Å². The number of hydrogen-bond acceptors (Lipinski definition) is 10. The molecule has 2 aromatic carbocycles. The molecule has 0 radical (unpaired) electrons. The minimum absolute atomic E-state index is 0.0259. The van der Waals surface area contributed by atoms with Crippen molar-refractivity contribution in [2.24, 2.45) is 0 Å². The van der Waals surface area contributed by atoms with Gasteiger partial charge in [-0.1, -0.05) is 36.4 Å². The Hall–Kier alpha value is -3.71. The number of hydrogen-bond donors (Lipinski definition) is 2. The lowest BCUT2D eigenvalue weighted by Gasteiger charge is -2.25. The quantitative estimate of drug-likeness (QED) is 0.142. The highest BCUT2D eigenvalue weighted by atomic mass is 32.2. The number of pyridine rings is 2. The first-order valence-electron chi connectivity index (χ1n) is 13.4. The molecule has 0 bridgehead atoms. The van der Waals surface area contributed by atoms with E-state index in [4.69, 9.17) is 4.74 Å². The normalized spacial score (nSPS) is 12.1. The summed E-state index contributed by atoms with van der Waals surface area (Å²) in [7, 11) is -3.36. The maximum atomic E-state index is 13.7. The molecule has 2 N–H and O–H groups in total. The van der Waals surface area contributed by atoms with E-state index in [1.54, 1.807) is 88.6 Å². The molecule has 44 heavy (non-hydrogen) atoms. The minimum Gasteiger partial charge on any atom is -0.480 e. The summed E-state index contributed by atoms with van der Waals surface area (Å²) in [4.78, 5) is 35.7. The summed E-state index contributed by atoms with van der Waals surface area (Å²) in [5.74, 6) is -1.56. The molecule has 0 atom stereocenters. The number of aliphatic carboxylic acids is 1. The Morgan fingerprint density at radius 1 is 0.841 bits per heavy atom. The van der Waals surface area contributed by atoms with Gasteiger partial charge in [-0.05, 0) is 68.7 Å². The summed E-state index contributed by atoms with van der Waals surface area (Å²) in [5, 5.41) is 19.3. The van der Waals surface area contributed by atoms with E-state index in [1.807, 2.05) is 0 Å². The second-order valence-electron chi connectivity index (χ2n) is 10.9. The largest absolute Gasteiger partial charge is 0.480 e. The van der Waals surface area contributed by atoms with E-state index in [1.165, 1.54) is 30.1 Å². The van der Waals surface area contributed by atoms with Crippen LogP contribution in [0.15, 0.2) is 93.9 Å². The summed E-state index contributed by atoms with van der Waals surface area (Å²) in [6.45, 7) is 6.47. The second kappa shape index (κ2) is 13.1. The summed E-state index contributed by atoms with van der Waals surface area (Å²) in [6.07, 6.45) is 5.88. The SMILES string of the molecule is CC(C)(Sc1ccnc(OC(=O)C(C)(C)Sc2ccncc2-c2ccc(S(C)(=O)=O)cc2)c1-c1ccc(CO)cc1)C(=O)O. The molecule has 0 unspecified atom stereocenters. The zero-order valence-electron chi connectivity index (χ0n) is 24.8. The monoisotopic (exact) mass is 652 g/mol. The van der Waals surface area contributed by atoms with Crippen LogP contribution in [0, 0.1) is 0 Å². The van der Waals surface area contributed by atoms with Crippen molar-refractivity contribution < 1.29 is 33.0 Å². The predicted octanol–water partition coefficient (Wildman–Crippen LogP) is 6.14. The number of nitrogens with zero attached hydrogens (tertiary/aromatic N) is 2. The van der Waals surface area contributed by atoms with Crippen molar-refractivity contribution in [1.82, 2.24) is 9.97 Å². The first-order chi connectivity index (χ1) is 20.6. The average Bonchev–Trinajstić information content (AvgIpc) is 2.97. The summed E-state index contributed by atoms with van der Waals surface area (Å²) in [5.41, 5.74) is 3.24. The molecule has 0 saturated carbocycles. The zero-order chi connectivity index (χ0) is 32.3. The van der Waals surface area contributed by atoms with Crippen LogP contribution in [0.3, 0.4) is 0 Å². The number of ether oxygens (including phenoxy) is 1. The highest BCUT2D eigenvalue weighted by molar-refractivity contribution is 8.01. The fourth-order valence-corrected chi connectivity index (χ4v) is 6.83. The zero-order valence-corrected chi connectivity index (χ0v) is 27.2. The number of aliphatic hydroxyl groups is 1. The summed E-state index contributed by atoms with van der Waals surface area (Å²) in [6, 6.07) is 16.9. The minimum atomic E-state index is -3.36. The Kier molecular flexibility index (Phi) is 9.89. The molecule has 0 amide bonds. The number of carboxylic acids is 1. The number of carbonyl (C=O) groups is 2. The van der Waals surface area contributed by atoms with E-state index in [2.05, 4.69) is 9.97 Å². The fourth-order valence-electron chi connectivity index (χ4n) is 4.05. The van der Waals surface area contributed by atoms with Crippen LogP contribution in [0.4, 0.5) is 0 Å². The van der Waals surface area contributed by atoms with Crippen molar-refractivity contribution in [3.05, 3.63) is 84.8 Å². The molecule has 0 aliphatic carbocycles.